The van der Waals surface area contributed by atoms with Crippen molar-refractivity contribution in [3.8, 4) is 0 Å². The number of pyridine rings is 1. The van der Waals surface area contributed by atoms with Crippen molar-refractivity contribution in [2.24, 2.45) is 5.73 Å². The van der Waals surface area contributed by atoms with Gasteiger partial charge in [-0.3, -0.25) is 4.79 Å². The first-order chi connectivity index (χ1) is 14.7. The van der Waals surface area contributed by atoms with E-state index in [4.69, 9.17) is 5.73 Å². The van der Waals surface area contributed by atoms with Crippen molar-refractivity contribution in [1.29, 1.82) is 0 Å². The van der Waals surface area contributed by atoms with E-state index in [1.807, 2.05) is 4.90 Å². The SMILES string of the molecule is NC(CNC(=O)c1cccc2nc(N3CC(O)C3)ccc12)c1cnc(C(F)(F)F)nc1. The number of benzene rings is 1. The van der Waals surface area contributed by atoms with Gasteiger partial charge in [0.15, 0.2) is 0 Å². The molecule has 1 unspecified atom stereocenters. The average molecular weight is 432 g/mol. The van der Waals surface area contributed by atoms with Crippen LogP contribution in [0.5, 0.6) is 0 Å². The second-order valence-electron chi connectivity index (χ2n) is 7.25. The quantitative estimate of drug-likeness (QED) is 0.561. The van der Waals surface area contributed by atoms with E-state index in [-0.39, 0.29) is 24.1 Å². The molecule has 1 fully saturated rings. The van der Waals surface area contributed by atoms with Crippen LogP contribution in [0.25, 0.3) is 10.9 Å². The van der Waals surface area contributed by atoms with Crippen molar-refractivity contribution in [3.63, 3.8) is 0 Å². The minimum absolute atomic E-state index is 0.0128. The number of nitrogens with one attached hydrogen (secondary N) is 1. The number of carbonyl (C=O) groups excluding carboxylic acids is 1. The fraction of sp³-hybridized carbons (Fsp3) is 0.300. The zero-order valence-corrected chi connectivity index (χ0v) is 16.2. The summed E-state index contributed by atoms with van der Waals surface area (Å²) in [5.74, 6) is -0.912. The maximum Gasteiger partial charge on any atom is 0.451 e. The Balaban J connectivity index is 1.44. The van der Waals surface area contributed by atoms with Crippen LogP contribution in [0.1, 0.15) is 27.8 Å². The summed E-state index contributed by atoms with van der Waals surface area (Å²) in [6, 6.07) is 7.96. The molecule has 162 valence electrons. The molecule has 1 saturated heterocycles. The predicted molar refractivity (Wildman–Crippen MR) is 106 cm³/mol. The highest BCUT2D eigenvalue weighted by atomic mass is 19.4. The Morgan fingerprint density at radius 2 is 1.94 bits per heavy atom. The zero-order valence-electron chi connectivity index (χ0n) is 16.2. The van der Waals surface area contributed by atoms with Gasteiger partial charge in [-0.2, -0.15) is 13.2 Å². The fourth-order valence-electron chi connectivity index (χ4n) is 3.25. The fourth-order valence-corrected chi connectivity index (χ4v) is 3.25. The average Bonchev–Trinajstić information content (AvgIpc) is 2.73. The molecule has 0 spiro atoms. The lowest BCUT2D eigenvalue weighted by atomic mass is 10.1. The van der Waals surface area contributed by atoms with Crippen LogP contribution >= 0.6 is 0 Å². The number of β-amino-alcohol motifs (C(OH)–C–C–N with tert-alkyl or cyclic N) is 1. The van der Waals surface area contributed by atoms with Gasteiger partial charge in [0, 0.05) is 48.5 Å². The van der Waals surface area contributed by atoms with Crippen molar-refractivity contribution in [2.75, 3.05) is 24.5 Å². The van der Waals surface area contributed by atoms with Gasteiger partial charge in [-0.15, -0.1) is 0 Å². The van der Waals surface area contributed by atoms with E-state index in [1.165, 1.54) is 0 Å². The van der Waals surface area contributed by atoms with E-state index < -0.39 is 18.0 Å². The summed E-state index contributed by atoms with van der Waals surface area (Å²) in [7, 11) is 0. The molecule has 4 rings (SSSR count). The van der Waals surface area contributed by atoms with E-state index in [9.17, 15) is 23.1 Å². The number of aliphatic hydroxyl groups is 1. The Bertz CT molecular complexity index is 1100. The number of rotatable bonds is 5. The number of aromatic nitrogens is 3. The number of fused-ring (bicyclic) bond motifs is 1. The van der Waals surface area contributed by atoms with Gasteiger partial charge in [0.25, 0.3) is 5.91 Å². The number of aliphatic hydroxyl groups excluding tert-OH is 1. The van der Waals surface area contributed by atoms with Gasteiger partial charge in [-0.1, -0.05) is 6.07 Å². The molecule has 0 saturated carbocycles. The number of hydrogen-bond donors (Lipinski definition) is 3. The molecule has 11 heteroatoms. The lowest BCUT2D eigenvalue weighted by Crippen LogP contribution is -2.51. The maximum absolute atomic E-state index is 12.7. The van der Waals surface area contributed by atoms with Crippen LogP contribution in [-0.4, -0.2) is 51.7 Å². The Kier molecular flexibility index (Phi) is 5.46. The molecular formula is C20H19F3N6O2. The number of halogens is 3. The highest BCUT2D eigenvalue weighted by molar-refractivity contribution is 6.06. The van der Waals surface area contributed by atoms with Crippen LogP contribution in [0.4, 0.5) is 19.0 Å². The number of carbonyl (C=O) groups is 1. The number of alkyl halides is 3. The minimum Gasteiger partial charge on any atom is -0.389 e. The first kappa shape index (κ1) is 20.9. The molecule has 1 aromatic carbocycles. The van der Waals surface area contributed by atoms with Crippen LogP contribution in [0.3, 0.4) is 0 Å². The monoisotopic (exact) mass is 432 g/mol. The van der Waals surface area contributed by atoms with Crippen LogP contribution < -0.4 is 16.0 Å². The molecule has 4 N–H and O–H groups in total. The van der Waals surface area contributed by atoms with E-state index in [0.29, 0.717) is 29.6 Å². The van der Waals surface area contributed by atoms with Crippen LogP contribution in [-0.2, 0) is 6.18 Å². The van der Waals surface area contributed by atoms with Crippen molar-refractivity contribution in [3.05, 3.63) is 59.7 Å². The van der Waals surface area contributed by atoms with E-state index >= 15 is 0 Å². The molecule has 0 aliphatic carbocycles. The van der Waals surface area contributed by atoms with Gasteiger partial charge < -0.3 is 21.1 Å². The second-order valence-corrected chi connectivity index (χ2v) is 7.25. The molecule has 0 bridgehead atoms. The molecule has 8 nitrogen and oxygen atoms in total. The summed E-state index contributed by atoms with van der Waals surface area (Å²) >= 11 is 0. The molecule has 2 aromatic heterocycles. The van der Waals surface area contributed by atoms with Crippen LogP contribution in [0, 0.1) is 0 Å². The Morgan fingerprint density at radius 3 is 2.58 bits per heavy atom. The smallest absolute Gasteiger partial charge is 0.389 e. The van der Waals surface area contributed by atoms with Crippen molar-refractivity contribution >= 4 is 22.6 Å². The van der Waals surface area contributed by atoms with Crippen molar-refractivity contribution in [1.82, 2.24) is 20.3 Å². The molecule has 1 amide bonds. The predicted octanol–water partition coefficient (Wildman–Crippen LogP) is 1.65. The van der Waals surface area contributed by atoms with Crippen molar-refractivity contribution < 1.29 is 23.1 Å². The molecule has 3 aromatic rings. The third-order valence-corrected chi connectivity index (χ3v) is 4.98. The third kappa shape index (κ3) is 4.42. The van der Waals surface area contributed by atoms with Gasteiger partial charge in [0.05, 0.1) is 17.7 Å². The largest absolute Gasteiger partial charge is 0.451 e. The van der Waals surface area contributed by atoms with Crippen molar-refractivity contribution in [2.45, 2.75) is 18.3 Å². The van der Waals surface area contributed by atoms with Gasteiger partial charge >= 0.3 is 6.18 Å². The maximum atomic E-state index is 12.7. The summed E-state index contributed by atoms with van der Waals surface area (Å²) < 4.78 is 37.7. The van der Waals surface area contributed by atoms with Gasteiger partial charge in [0.2, 0.25) is 5.82 Å². The standard InChI is InChI=1S/C20H19F3N6O2/c21-20(22,23)19-26-6-11(7-27-19)15(24)8-25-18(31)14-2-1-3-16-13(14)4-5-17(28-16)29-9-12(30)10-29/h1-7,12,15,30H,8-10,24H2,(H,25,31). The highest BCUT2D eigenvalue weighted by Crippen LogP contribution is 2.26. The third-order valence-electron chi connectivity index (χ3n) is 4.98. The molecule has 0 radical (unpaired) electrons. The van der Waals surface area contributed by atoms with E-state index in [0.717, 1.165) is 18.2 Å². The number of nitrogens with zero attached hydrogens (tertiary/aromatic N) is 4. The number of amides is 1. The molecule has 3 heterocycles. The van der Waals surface area contributed by atoms with E-state index in [2.05, 4.69) is 20.3 Å². The lowest BCUT2D eigenvalue weighted by molar-refractivity contribution is -0.145. The summed E-state index contributed by atoms with van der Waals surface area (Å²) in [5, 5.41) is 12.8. The highest BCUT2D eigenvalue weighted by Gasteiger charge is 2.34. The summed E-state index contributed by atoms with van der Waals surface area (Å²) in [4.78, 5) is 25.7. The van der Waals surface area contributed by atoms with Crippen LogP contribution in [0.15, 0.2) is 42.7 Å². The lowest BCUT2D eigenvalue weighted by Gasteiger charge is -2.36. The molecule has 31 heavy (non-hydrogen) atoms. The van der Waals surface area contributed by atoms with Gasteiger partial charge in [-0.25, -0.2) is 15.0 Å². The molecule has 1 aliphatic rings. The topological polar surface area (TPSA) is 117 Å². The Morgan fingerprint density at radius 1 is 1.23 bits per heavy atom. The first-order valence-corrected chi connectivity index (χ1v) is 9.48. The summed E-state index contributed by atoms with van der Waals surface area (Å²) in [6.07, 6.45) is -2.98. The van der Waals surface area contributed by atoms with E-state index in [1.54, 1.807) is 30.3 Å². The van der Waals surface area contributed by atoms with Crippen LogP contribution in [0.2, 0.25) is 0 Å². The molecule has 1 atom stereocenters. The molecular weight excluding hydrogens is 413 g/mol. The Hall–Kier alpha value is -3.31. The van der Waals surface area contributed by atoms with Gasteiger partial charge in [0.1, 0.15) is 5.82 Å². The second kappa shape index (κ2) is 8.08. The molecule has 1 aliphatic heterocycles. The zero-order chi connectivity index (χ0) is 22.2. The first-order valence-electron chi connectivity index (χ1n) is 9.48. The minimum atomic E-state index is -4.63. The summed E-state index contributed by atoms with van der Waals surface area (Å²) in [6.45, 7) is 1.02. The normalized spacial score (nSPS) is 15.6. The van der Waals surface area contributed by atoms with Gasteiger partial charge in [-0.05, 0) is 24.3 Å². The number of nitrogens with two attached hydrogens (primary N) is 1. The number of hydrogen-bond acceptors (Lipinski definition) is 7. The summed E-state index contributed by atoms with van der Waals surface area (Å²) in [5.41, 5.74) is 7.27. The number of anilines is 1. The Labute approximate surface area is 174 Å².